The number of hydrogen-bond donors (Lipinski definition) is 0. The molecule has 0 aromatic carbocycles. The normalized spacial score (nSPS) is 11.1. The van der Waals surface area contributed by atoms with Crippen LogP contribution in [0, 0.1) is 0 Å². The molecule has 0 N–H and O–H groups in total. The highest BCUT2D eigenvalue weighted by Crippen LogP contribution is 2.08. The van der Waals surface area contributed by atoms with Crippen molar-refractivity contribution in [3.63, 3.8) is 0 Å². The van der Waals surface area contributed by atoms with Crippen LogP contribution in [0.2, 0.25) is 0 Å². The van der Waals surface area contributed by atoms with E-state index >= 15 is 0 Å². The molecule has 16 heavy (non-hydrogen) atoms. The lowest BCUT2D eigenvalue weighted by Crippen LogP contribution is -1.82. The lowest BCUT2D eigenvalue weighted by Gasteiger charge is -1.98. The molecule has 0 bridgehead atoms. The van der Waals surface area contributed by atoms with Crippen LogP contribution in [0.5, 0.6) is 0 Å². The third kappa shape index (κ3) is 13.7. The third-order valence-electron chi connectivity index (χ3n) is 2.65. The topological polar surface area (TPSA) is 17.1 Å². The molecule has 0 aliphatic heterocycles. The summed E-state index contributed by atoms with van der Waals surface area (Å²) >= 11 is 5.23. The van der Waals surface area contributed by atoms with E-state index in [4.69, 9.17) is 11.6 Å². The number of carbonyl (C=O) groups is 1. The molecule has 0 radical (unpaired) electrons. The van der Waals surface area contributed by atoms with E-state index in [1.165, 1.54) is 44.9 Å². The monoisotopic (exact) mass is 244 g/mol. The predicted octanol–water partition coefficient (Wildman–Crippen LogP) is 5.23. The van der Waals surface area contributed by atoms with Crippen LogP contribution in [0.15, 0.2) is 12.2 Å². The summed E-state index contributed by atoms with van der Waals surface area (Å²) in [5, 5.41) is -0.236. The fraction of sp³-hybridized carbons (Fsp3) is 0.786. The molecular formula is C14H25ClO. The van der Waals surface area contributed by atoms with Crippen LogP contribution in [0.4, 0.5) is 0 Å². The van der Waals surface area contributed by atoms with E-state index in [0.29, 0.717) is 6.42 Å². The molecule has 0 aliphatic rings. The van der Waals surface area contributed by atoms with Gasteiger partial charge in [0.15, 0.2) is 0 Å². The molecule has 0 unspecified atom stereocenters. The largest absolute Gasteiger partial charge is 0.281 e. The standard InChI is InChI=1S/C14H25ClO/c1-2-3-4-5-6-7-8-9-10-11-12-13-14(15)16/h10-11H,2-9,12-13H2,1H3. The van der Waals surface area contributed by atoms with Crippen molar-refractivity contribution in [1.29, 1.82) is 0 Å². The highest BCUT2D eigenvalue weighted by atomic mass is 35.5. The van der Waals surface area contributed by atoms with Crippen molar-refractivity contribution in [3.8, 4) is 0 Å². The van der Waals surface area contributed by atoms with Crippen LogP contribution in [0.1, 0.15) is 71.1 Å². The summed E-state index contributed by atoms with van der Waals surface area (Å²) in [6, 6.07) is 0. The zero-order valence-electron chi connectivity index (χ0n) is 10.5. The smallest absolute Gasteiger partial charge is 0.221 e. The van der Waals surface area contributed by atoms with Gasteiger partial charge in [-0.2, -0.15) is 0 Å². The quantitative estimate of drug-likeness (QED) is 0.276. The Labute approximate surface area is 105 Å². The first-order valence-electron chi connectivity index (χ1n) is 6.60. The molecule has 0 atom stereocenters. The first-order chi connectivity index (χ1) is 7.77. The van der Waals surface area contributed by atoms with Crippen molar-refractivity contribution in [2.45, 2.75) is 71.1 Å². The molecule has 0 saturated heterocycles. The van der Waals surface area contributed by atoms with Crippen LogP contribution >= 0.6 is 11.6 Å². The number of rotatable bonds is 11. The zero-order chi connectivity index (χ0) is 12.1. The van der Waals surface area contributed by atoms with Crippen molar-refractivity contribution in [1.82, 2.24) is 0 Å². The molecule has 0 fully saturated rings. The van der Waals surface area contributed by atoms with Gasteiger partial charge in [-0.3, -0.25) is 4.79 Å². The first-order valence-corrected chi connectivity index (χ1v) is 6.98. The number of hydrogen-bond acceptors (Lipinski definition) is 1. The molecule has 0 saturated carbocycles. The summed E-state index contributed by atoms with van der Waals surface area (Å²) in [5.41, 5.74) is 0. The van der Waals surface area contributed by atoms with Gasteiger partial charge in [-0.25, -0.2) is 0 Å². The molecule has 0 aliphatic carbocycles. The molecule has 94 valence electrons. The Bertz CT molecular complexity index is 187. The van der Waals surface area contributed by atoms with Crippen molar-refractivity contribution in [3.05, 3.63) is 12.2 Å². The second-order valence-electron chi connectivity index (χ2n) is 4.28. The Morgan fingerprint density at radius 2 is 1.50 bits per heavy atom. The zero-order valence-corrected chi connectivity index (χ0v) is 11.3. The Hall–Kier alpha value is -0.300. The average Bonchev–Trinajstić information content (AvgIpc) is 2.25. The van der Waals surface area contributed by atoms with Crippen molar-refractivity contribution in [2.75, 3.05) is 0 Å². The number of halogens is 1. The summed E-state index contributed by atoms with van der Waals surface area (Å²) in [6.45, 7) is 2.25. The molecule has 0 aromatic rings. The molecule has 0 spiro atoms. The van der Waals surface area contributed by atoms with E-state index in [0.717, 1.165) is 12.8 Å². The van der Waals surface area contributed by atoms with Gasteiger partial charge in [-0.15, -0.1) is 0 Å². The van der Waals surface area contributed by atoms with Gasteiger partial charge in [0.05, 0.1) is 0 Å². The fourth-order valence-electron chi connectivity index (χ4n) is 1.65. The minimum atomic E-state index is -0.236. The van der Waals surface area contributed by atoms with Crippen LogP contribution < -0.4 is 0 Å². The van der Waals surface area contributed by atoms with Gasteiger partial charge in [-0.1, -0.05) is 57.6 Å². The number of allylic oxidation sites excluding steroid dienone is 2. The Kier molecular flexibility index (Phi) is 12.5. The van der Waals surface area contributed by atoms with Crippen molar-refractivity contribution in [2.24, 2.45) is 0 Å². The number of carbonyl (C=O) groups excluding carboxylic acids is 1. The van der Waals surface area contributed by atoms with Crippen LogP contribution in [-0.4, -0.2) is 5.24 Å². The van der Waals surface area contributed by atoms with E-state index in [1.807, 2.05) is 0 Å². The minimum Gasteiger partial charge on any atom is -0.281 e. The summed E-state index contributed by atoms with van der Waals surface area (Å²) in [4.78, 5) is 10.4. The molecule has 0 rings (SSSR count). The number of unbranched alkanes of at least 4 members (excludes halogenated alkanes) is 7. The first kappa shape index (κ1) is 15.7. The SMILES string of the molecule is CCCCCCCCCC=CCCC(=O)Cl. The van der Waals surface area contributed by atoms with Gasteiger partial charge >= 0.3 is 0 Å². The maximum Gasteiger partial charge on any atom is 0.221 e. The second-order valence-corrected chi connectivity index (χ2v) is 4.70. The molecule has 0 aromatic heterocycles. The van der Waals surface area contributed by atoms with E-state index in [-0.39, 0.29) is 5.24 Å². The van der Waals surface area contributed by atoms with Gasteiger partial charge < -0.3 is 0 Å². The average molecular weight is 245 g/mol. The van der Waals surface area contributed by atoms with E-state index in [1.54, 1.807) is 0 Å². The summed E-state index contributed by atoms with van der Waals surface area (Å²) < 4.78 is 0. The van der Waals surface area contributed by atoms with Gasteiger partial charge in [0.2, 0.25) is 5.24 Å². The molecule has 2 heteroatoms. The highest BCUT2D eigenvalue weighted by molar-refractivity contribution is 6.63. The molecule has 1 nitrogen and oxygen atoms in total. The lowest BCUT2D eigenvalue weighted by molar-refractivity contribution is -0.111. The Morgan fingerprint density at radius 1 is 0.938 bits per heavy atom. The fourth-order valence-corrected chi connectivity index (χ4v) is 1.76. The third-order valence-corrected chi connectivity index (χ3v) is 2.84. The highest BCUT2D eigenvalue weighted by Gasteiger charge is 1.91. The Balaban J connectivity index is 3.05. The van der Waals surface area contributed by atoms with Crippen LogP contribution in [0.25, 0.3) is 0 Å². The molecule has 0 amide bonds. The summed E-state index contributed by atoms with van der Waals surface area (Å²) in [6.07, 6.45) is 16.1. The summed E-state index contributed by atoms with van der Waals surface area (Å²) in [5.74, 6) is 0. The Morgan fingerprint density at radius 3 is 2.12 bits per heavy atom. The molecule has 0 heterocycles. The van der Waals surface area contributed by atoms with Gasteiger partial charge in [0.1, 0.15) is 0 Å². The second kappa shape index (κ2) is 12.8. The van der Waals surface area contributed by atoms with Gasteiger partial charge in [0, 0.05) is 6.42 Å². The van der Waals surface area contributed by atoms with E-state index in [2.05, 4.69) is 19.1 Å². The van der Waals surface area contributed by atoms with Crippen LogP contribution in [-0.2, 0) is 4.79 Å². The summed E-state index contributed by atoms with van der Waals surface area (Å²) in [7, 11) is 0. The maximum absolute atomic E-state index is 10.4. The van der Waals surface area contributed by atoms with E-state index in [9.17, 15) is 4.79 Å². The minimum absolute atomic E-state index is 0.236. The van der Waals surface area contributed by atoms with Gasteiger partial charge in [-0.05, 0) is 30.9 Å². The maximum atomic E-state index is 10.4. The van der Waals surface area contributed by atoms with Crippen molar-refractivity contribution >= 4 is 16.8 Å². The van der Waals surface area contributed by atoms with Crippen LogP contribution in [0.3, 0.4) is 0 Å². The van der Waals surface area contributed by atoms with Gasteiger partial charge in [0.25, 0.3) is 0 Å². The lowest BCUT2D eigenvalue weighted by atomic mass is 10.1. The predicted molar refractivity (Wildman–Crippen MR) is 71.8 cm³/mol. The van der Waals surface area contributed by atoms with E-state index < -0.39 is 0 Å². The van der Waals surface area contributed by atoms with Crippen molar-refractivity contribution < 1.29 is 4.79 Å². The molecular weight excluding hydrogens is 220 g/mol.